The molecule has 4 atom stereocenters. The molecule has 0 unspecified atom stereocenters. The number of ether oxygens (including phenoxy) is 1. The molecule has 0 aliphatic carbocycles. The number of fused-ring (bicyclic) bond motifs is 3. The highest BCUT2D eigenvalue weighted by Crippen LogP contribution is 2.42. The first-order chi connectivity index (χ1) is 25.5. The number of amides is 3. The first-order valence-electron chi connectivity index (χ1n) is 18.2. The molecule has 2 saturated heterocycles. The number of nitrogens with two attached hydrogens (primary N) is 1. The van der Waals surface area contributed by atoms with E-state index in [2.05, 4.69) is 39.2 Å². The molecule has 0 radical (unpaired) electrons. The van der Waals surface area contributed by atoms with E-state index in [4.69, 9.17) is 15.7 Å². The van der Waals surface area contributed by atoms with Gasteiger partial charge in [0.15, 0.2) is 0 Å². The number of aromatic nitrogens is 4. The number of likely N-dealkylation sites (tertiary alicyclic amines) is 1. The summed E-state index contributed by atoms with van der Waals surface area (Å²) < 4.78 is 34.5. The minimum Gasteiger partial charge on any atom is -0.453 e. The van der Waals surface area contributed by atoms with Gasteiger partial charge in [-0.3, -0.25) is 9.59 Å². The molecule has 7 rings (SSSR count). The van der Waals surface area contributed by atoms with Crippen molar-refractivity contribution in [3.05, 3.63) is 72.4 Å². The lowest BCUT2D eigenvalue weighted by Crippen LogP contribution is -2.51. The number of imidazole rings is 2. The molecule has 15 heteroatoms. The van der Waals surface area contributed by atoms with Crippen LogP contribution in [0.1, 0.15) is 50.9 Å². The number of nitrogens with zero attached hydrogens (tertiary/aromatic N) is 4. The molecule has 5 N–H and O–H groups in total. The van der Waals surface area contributed by atoms with Gasteiger partial charge in [-0.15, -0.1) is 0 Å². The molecule has 284 valence electrons. The number of methoxy groups -OCH3 is 1. The van der Waals surface area contributed by atoms with Crippen molar-refractivity contribution >= 4 is 47.8 Å². The van der Waals surface area contributed by atoms with Crippen LogP contribution in [0.4, 0.5) is 13.6 Å². The van der Waals surface area contributed by atoms with Crippen LogP contribution in [0.2, 0.25) is 19.1 Å². The lowest BCUT2D eigenvalue weighted by molar-refractivity contribution is -0.136. The second-order valence-corrected chi connectivity index (χ2v) is 20.9. The monoisotopic (exact) mass is 756 g/mol. The molecule has 3 aromatic carbocycles. The maximum Gasteiger partial charge on any atom is 0.407 e. The summed E-state index contributed by atoms with van der Waals surface area (Å²) in [6.07, 6.45) is 1.17. The first-order valence-corrected chi connectivity index (χ1v) is 21.6. The van der Waals surface area contributed by atoms with E-state index >= 15 is 0 Å². The molecular weight excluding hydrogens is 711 g/mol. The summed E-state index contributed by atoms with van der Waals surface area (Å²) in [5.41, 5.74) is 11.1. The topological polar surface area (TPSA) is 162 Å². The van der Waals surface area contributed by atoms with E-state index in [0.29, 0.717) is 11.0 Å². The highest BCUT2D eigenvalue weighted by atomic mass is 28.3. The van der Waals surface area contributed by atoms with E-state index < -0.39 is 57.1 Å². The Bertz CT molecular complexity index is 2230. The average Bonchev–Trinajstić information content (AvgIpc) is 3.93. The summed E-state index contributed by atoms with van der Waals surface area (Å²) in [5.74, 6) is -3.12. The smallest absolute Gasteiger partial charge is 0.407 e. The molecular formula is C39H46F2N8O4Si. The Morgan fingerprint density at radius 2 is 1.65 bits per heavy atom. The van der Waals surface area contributed by atoms with Crippen molar-refractivity contribution in [1.29, 1.82) is 0 Å². The second kappa shape index (κ2) is 13.9. The molecule has 2 fully saturated rings. The van der Waals surface area contributed by atoms with Crippen molar-refractivity contribution in [2.75, 3.05) is 19.8 Å². The number of H-pyrrole nitrogens is 2. The van der Waals surface area contributed by atoms with Gasteiger partial charge < -0.3 is 35.6 Å². The third-order valence-corrected chi connectivity index (χ3v) is 13.3. The Hall–Kier alpha value is -5.15. The number of alkyl carbamates (subject to hydrolysis) is 1. The third-order valence-electron chi connectivity index (χ3n) is 10.6. The normalized spacial score (nSPS) is 20.5. The van der Waals surface area contributed by atoms with Crippen LogP contribution in [0, 0.1) is 5.92 Å². The van der Waals surface area contributed by atoms with Crippen LogP contribution in [0.15, 0.2) is 60.8 Å². The highest BCUT2D eigenvalue weighted by molar-refractivity contribution is 6.78. The van der Waals surface area contributed by atoms with Crippen molar-refractivity contribution < 1.29 is 27.9 Å². The predicted molar refractivity (Wildman–Crippen MR) is 205 cm³/mol. The van der Waals surface area contributed by atoms with Crippen LogP contribution < -0.4 is 11.1 Å². The largest absolute Gasteiger partial charge is 0.453 e. The number of hydrogen-bond acceptors (Lipinski definition) is 7. The van der Waals surface area contributed by atoms with Crippen molar-refractivity contribution in [2.45, 2.75) is 76.4 Å². The fourth-order valence-electron chi connectivity index (χ4n) is 7.83. The Morgan fingerprint density at radius 1 is 0.944 bits per heavy atom. The zero-order valence-corrected chi connectivity index (χ0v) is 32.2. The van der Waals surface area contributed by atoms with E-state index in [1.165, 1.54) is 7.11 Å². The molecule has 3 amide bonds. The molecule has 0 bridgehead atoms. The number of halogens is 2. The molecule has 12 nitrogen and oxygen atoms in total. The Kier molecular flexibility index (Phi) is 9.58. The maximum absolute atomic E-state index is 14.9. The number of aromatic amines is 2. The lowest BCUT2D eigenvalue weighted by atomic mass is 9.99. The van der Waals surface area contributed by atoms with E-state index in [9.17, 15) is 23.2 Å². The number of benzene rings is 3. The molecule has 2 aliphatic rings. The zero-order valence-electron chi connectivity index (χ0n) is 31.2. The van der Waals surface area contributed by atoms with Crippen LogP contribution in [-0.2, 0) is 14.3 Å². The molecule has 2 aliphatic heterocycles. The van der Waals surface area contributed by atoms with Gasteiger partial charge in [-0.2, -0.15) is 0 Å². The summed E-state index contributed by atoms with van der Waals surface area (Å²) in [4.78, 5) is 57.6. The van der Waals surface area contributed by atoms with Gasteiger partial charge in [-0.1, -0.05) is 69.4 Å². The number of hydrogen-bond donors (Lipinski definition) is 4. The number of alkyl halides is 2. The average molecular weight is 757 g/mol. The van der Waals surface area contributed by atoms with E-state index in [1.54, 1.807) is 20.8 Å². The van der Waals surface area contributed by atoms with Gasteiger partial charge in [0.2, 0.25) is 11.8 Å². The van der Waals surface area contributed by atoms with Crippen molar-refractivity contribution in [2.24, 2.45) is 11.7 Å². The van der Waals surface area contributed by atoms with Gasteiger partial charge in [0, 0.05) is 18.0 Å². The first kappa shape index (κ1) is 37.2. The standard InChI is InChI=1S/C39H46F2N8O4Si/c1-21(2)32(47-38(52)53-4)37(51)48-19-39(40,41)16-30(48)35-44-28-14-12-26-15-25(11-13-27(26)33(28)46-35)23-7-9-24(10-8-23)29-17-43-34(45-29)31-18-54(5,6)20-49(31)36(50)22(3)42/h7-15,17,21-22,30-32H,16,18-20,42H2,1-6H3,(H,43,45)(H,44,46)(H,47,52)/t22-,30-,31-,32-/m0/s1. The molecule has 54 heavy (non-hydrogen) atoms. The van der Waals surface area contributed by atoms with Crippen molar-refractivity contribution in [3.63, 3.8) is 0 Å². The summed E-state index contributed by atoms with van der Waals surface area (Å²) in [6.45, 7) is 8.98. The SMILES string of the molecule is COC(=O)N[C@H](C(=O)N1CC(F)(F)C[C@H]1c1nc2c(ccc3cc(-c4ccc(-c5cnc([C@@H]6C[Si](C)(C)CN6C(=O)[C@H](C)N)[nH]5)cc4)ccc32)[nH]1)C(C)C. The zero-order chi connectivity index (χ0) is 38.7. The van der Waals surface area contributed by atoms with E-state index in [1.807, 2.05) is 59.6 Å². The van der Waals surface area contributed by atoms with Crippen LogP contribution in [0.5, 0.6) is 0 Å². The van der Waals surface area contributed by atoms with Gasteiger partial charge in [0.1, 0.15) is 17.7 Å². The quantitative estimate of drug-likeness (QED) is 0.131. The lowest BCUT2D eigenvalue weighted by Gasteiger charge is -2.29. The van der Waals surface area contributed by atoms with Crippen molar-refractivity contribution in [1.82, 2.24) is 35.1 Å². The number of nitrogens with one attached hydrogen (secondary N) is 3. The number of rotatable bonds is 8. The van der Waals surface area contributed by atoms with Crippen LogP contribution in [-0.4, -0.2) is 93.5 Å². The Balaban J connectivity index is 1.12. The maximum atomic E-state index is 14.9. The molecule has 4 heterocycles. The molecule has 0 spiro atoms. The van der Waals surface area contributed by atoms with Gasteiger partial charge in [-0.25, -0.2) is 23.5 Å². The second-order valence-electron chi connectivity index (χ2n) is 15.8. The fraction of sp³-hybridized carbons (Fsp3) is 0.410. The summed E-state index contributed by atoms with van der Waals surface area (Å²) in [6, 6.07) is 16.2. The predicted octanol–water partition coefficient (Wildman–Crippen LogP) is 6.54. The number of carbonyl (C=O) groups is 3. The molecule has 5 aromatic rings. The summed E-state index contributed by atoms with van der Waals surface area (Å²) >= 11 is 0. The Morgan fingerprint density at radius 3 is 2.33 bits per heavy atom. The van der Waals surface area contributed by atoms with Crippen LogP contribution in [0.25, 0.3) is 44.2 Å². The van der Waals surface area contributed by atoms with Crippen LogP contribution in [0.3, 0.4) is 0 Å². The van der Waals surface area contributed by atoms with E-state index in [0.717, 1.165) is 56.1 Å². The summed E-state index contributed by atoms with van der Waals surface area (Å²) in [5, 5.41) is 4.25. The van der Waals surface area contributed by atoms with Gasteiger partial charge in [0.25, 0.3) is 5.92 Å². The molecule has 0 saturated carbocycles. The fourth-order valence-corrected chi connectivity index (χ4v) is 10.7. The van der Waals surface area contributed by atoms with Gasteiger partial charge in [0.05, 0.1) is 62.8 Å². The third kappa shape index (κ3) is 7.09. The van der Waals surface area contributed by atoms with E-state index in [-0.39, 0.29) is 23.7 Å². The van der Waals surface area contributed by atoms with Crippen molar-refractivity contribution in [3.8, 4) is 22.4 Å². The van der Waals surface area contributed by atoms with Gasteiger partial charge in [-0.05, 0) is 53.1 Å². The van der Waals surface area contributed by atoms with Crippen LogP contribution >= 0.6 is 0 Å². The highest BCUT2D eigenvalue weighted by Gasteiger charge is 2.50. The van der Waals surface area contributed by atoms with Gasteiger partial charge >= 0.3 is 6.09 Å². The number of carbonyl (C=O) groups excluding carboxylic acids is 3. The summed E-state index contributed by atoms with van der Waals surface area (Å²) in [7, 11) is -0.429. The minimum absolute atomic E-state index is 0.0486. The molecule has 2 aromatic heterocycles. The Labute approximate surface area is 312 Å². The minimum atomic E-state index is -3.13.